The first-order valence-corrected chi connectivity index (χ1v) is 7.65. The van der Waals surface area contributed by atoms with Gasteiger partial charge in [-0.15, -0.1) is 0 Å². The van der Waals surface area contributed by atoms with Crippen molar-refractivity contribution in [2.45, 2.75) is 38.0 Å². The minimum absolute atomic E-state index is 0.245. The van der Waals surface area contributed by atoms with Crippen LogP contribution in [0.1, 0.15) is 49.4 Å². The minimum atomic E-state index is 0.245. The van der Waals surface area contributed by atoms with E-state index in [9.17, 15) is 5.11 Å². The number of H-pyrrole nitrogens is 1. The molecule has 1 heterocycles. The number of nitrogens with zero attached hydrogens (tertiary/aromatic N) is 3. The maximum atomic E-state index is 9.29. The predicted molar refractivity (Wildman–Crippen MR) is 84.3 cm³/mol. The Hall–Kier alpha value is -1.95. The second-order valence-electron chi connectivity index (χ2n) is 5.37. The molecule has 1 saturated carbocycles. The van der Waals surface area contributed by atoms with E-state index in [0.29, 0.717) is 10.7 Å². The molecule has 0 radical (unpaired) electrons. The molecule has 1 aromatic heterocycles. The molecule has 0 amide bonds. The van der Waals surface area contributed by atoms with Gasteiger partial charge >= 0.3 is 0 Å². The summed E-state index contributed by atoms with van der Waals surface area (Å²) in [4.78, 5) is 0. The van der Waals surface area contributed by atoms with Crippen molar-refractivity contribution in [1.82, 2.24) is 14.9 Å². The van der Waals surface area contributed by atoms with Crippen LogP contribution >= 0.6 is 12.2 Å². The van der Waals surface area contributed by atoms with Crippen LogP contribution in [-0.4, -0.2) is 26.2 Å². The topological polar surface area (TPSA) is 66.2 Å². The van der Waals surface area contributed by atoms with Crippen LogP contribution in [0.25, 0.3) is 0 Å². The lowest BCUT2D eigenvalue weighted by molar-refractivity contribution is 0.419. The first-order chi connectivity index (χ1) is 10.2. The second-order valence-corrected chi connectivity index (χ2v) is 5.76. The number of nitrogens with one attached hydrogen (secondary N) is 1. The Labute approximate surface area is 128 Å². The van der Waals surface area contributed by atoms with Gasteiger partial charge in [-0.2, -0.15) is 14.9 Å². The molecule has 3 rings (SSSR count). The van der Waals surface area contributed by atoms with Crippen LogP contribution in [0.2, 0.25) is 0 Å². The zero-order chi connectivity index (χ0) is 14.7. The summed E-state index contributed by atoms with van der Waals surface area (Å²) in [6.07, 6.45) is 7.82. The van der Waals surface area contributed by atoms with Gasteiger partial charge in [-0.05, 0) is 54.9 Å². The zero-order valence-electron chi connectivity index (χ0n) is 11.7. The van der Waals surface area contributed by atoms with Crippen molar-refractivity contribution in [3.8, 4) is 5.75 Å². The highest BCUT2D eigenvalue weighted by molar-refractivity contribution is 7.71. The number of hydrogen-bond donors (Lipinski definition) is 2. The largest absolute Gasteiger partial charge is 0.508 e. The van der Waals surface area contributed by atoms with Crippen molar-refractivity contribution < 1.29 is 5.11 Å². The van der Waals surface area contributed by atoms with Crippen LogP contribution in [0.3, 0.4) is 0 Å². The maximum absolute atomic E-state index is 9.29. The smallest absolute Gasteiger partial charge is 0.216 e. The molecule has 2 aromatic rings. The van der Waals surface area contributed by atoms with Gasteiger partial charge in [0, 0.05) is 5.92 Å². The molecule has 1 fully saturated rings. The van der Waals surface area contributed by atoms with Gasteiger partial charge in [0.15, 0.2) is 5.82 Å². The molecule has 110 valence electrons. The van der Waals surface area contributed by atoms with E-state index in [1.807, 2.05) is 12.1 Å². The molecule has 0 aliphatic heterocycles. The standard InChI is InChI=1S/C15H18N4OS/c20-13-8-6-11(7-9-13)10-16-19-14(17-18-15(19)21)12-4-2-1-3-5-12/h6-10,12,20H,1-5H2,(H,18,21)/b16-10-. The van der Waals surface area contributed by atoms with E-state index >= 15 is 0 Å². The van der Waals surface area contributed by atoms with Crippen LogP contribution in [0.15, 0.2) is 29.4 Å². The number of benzene rings is 1. The van der Waals surface area contributed by atoms with E-state index in [4.69, 9.17) is 12.2 Å². The Morgan fingerprint density at radius 1 is 1.24 bits per heavy atom. The van der Waals surface area contributed by atoms with Gasteiger partial charge in [-0.1, -0.05) is 19.3 Å². The fourth-order valence-electron chi connectivity index (χ4n) is 2.73. The molecule has 0 bridgehead atoms. The van der Waals surface area contributed by atoms with Crippen LogP contribution in [0.4, 0.5) is 0 Å². The summed E-state index contributed by atoms with van der Waals surface area (Å²) in [7, 11) is 0. The minimum Gasteiger partial charge on any atom is -0.508 e. The van der Waals surface area contributed by atoms with Crippen molar-refractivity contribution in [2.75, 3.05) is 0 Å². The summed E-state index contributed by atoms with van der Waals surface area (Å²) in [5.74, 6) is 1.60. The fraction of sp³-hybridized carbons (Fsp3) is 0.400. The first-order valence-electron chi connectivity index (χ1n) is 7.25. The third-order valence-corrected chi connectivity index (χ3v) is 4.13. The van der Waals surface area contributed by atoms with Crippen LogP contribution in [0, 0.1) is 4.77 Å². The normalized spacial score (nSPS) is 16.6. The summed E-state index contributed by atoms with van der Waals surface area (Å²) < 4.78 is 2.24. The third-order valence-electron chi connectivity index (χ3n) is 3.86. The molecular weight excluding hydrogens is 284 g/mol. The van der Waals surface area contributed by atoms with Crippen LogP contribution in [0.5, 0.6) is 5.75 Å². The average molecular weight is 302 g/mol. The quantitative estimate of drug-likeness (QED) is 0.673. The highest BCUT2D eigenvalue weighted by Crippen LogP contribution is 2.31. The molecule has 1 aromatic carbocycles. The summed E-state index contributed by atoms with van der Waals surface area (Å²) in [6.45, 7) is 0. The summed E-state index contributed by atoms with van der Waals surface area (Å²) in [5.41, 5.74) is 0.908. The molecule has 6 heteroatoms. The fourth-order valence-corrected chi connectivity index (χ4v) is 2.91. The van der Waals surface area contributed by atoms with Crippen molar-refractivity contribution in [2.24, 2.45) is 5.10 Å². The van der Waals surface area contributed by atoms with E-state index in [0.717, 1.165) is 24.2 Å². The molecule has 0 atom stereocenters. The summed E-state index contributed by atoms with van der Waals surface area (Å²) in [6, 6.07) is 6.89. The van der Waals surface area contributed by atoms with Crippen molar-refractivity contribution in [1.29, 1.82) is 0 Å². The average Bonchev–Trinajstić information content (AvgIpc) is 2.89. The molecule has 0 spiro atoms. The Balaban J connectivity index is 1.86. The summed E-state index contributed by atoms with van der Waals surface area (Å²) in [5, 5.41) is 20.9. The van der Waals surface area contributed by atoms with Gasteiger partial charge in [-0.3, -0.25) is 5.10 Å². The Bertz CT molecular complexity index is 680. The molecule has 1 aliphatic carbocycles. The number of phenols is 1. The number of rotatable bonds is 3. The van der Waals surface area contributed by atoms with E-state index in [1.165, 1.54) is 19.3 Å². The van der Waals surface area contributed by atoms with Gasteiger partial charge in [0.2, 0.25) is 4.77 Å². The van der Waals surface area contributed by atoms with E-state index in [2.05, 4.69) is 15.3 Å². The number of aromatic hydroxyl groups is 1. The van der Waals surface area contributed by atoms with Crippen molar-refractivity contribution in [3.05, 3.63) is 40.4 Å². The summed E-state index contributed by atoms with van der Waals surface area (Å²) >= 11 is 5.27. The SMILES string of the molecule is Oc1ccc(/C=N\n2c(C3CCCCC3)n[nH]c2=S)cc1. The molecule has 5 nitrogen and oxygen atoms in total. The van der Waals surface area contributed by atoms with Crippen LogP contribution < -0.4 is 0 Å². The van der Waals surface area contributed by atoms with Gasteiger partial charge in [0.05, 0.1) is 6.21 Å². The molecule has 2 N–H and O–H groups in total. The number of hydrogen-bond acceptors (Lipinski definition) is 4. The zero-order valence-corrected chi connectivity index (χ0v) is 12.5. The molecule has 1 aliphatic rings. The monoisotopic (exact) mass is 302 g/mol. The van der Waals surface area contributed by atoms with Gasteiger partial charge < -0.3 is 5.11 Å². The van der Waals surface area contributed by atoms with Crippen molar-refractivity contribution in [3.63, 3.8) is 0 Å². The van der Waals surface area contributed by atoms with E-state index in [1.54, 1.807) is 23.0 Å². The number of phenolic OH excluding ortho intramolecular Hbond substituents is 1. The molecule has 0 unspecified atom stereocenters. The molecular formula is C15H18N4OS. The Morgan fingerprint density at radius 3 is 2.67 bits per heavy atom. The Morgan fingerprint density at radius 2 is 1.95 bits per heavy atom. The lowest BCUT2D eigenvalue weighted by Crippen LogP contribution is -2.10. The van der Waals surface area contributed by atoms with E-state index in [-0.39, 0.29) is 5.75 Å². The predicted octanol–water partition coefficient (Wildman–Crippen LogP) is 3.58. The Kier molecular flexibility index (Phi) is 4.15. The molecule has 21 heavy (non-hydrogen) atoms. The number of aromatic nitrogens is 3. The third kappa shape index (κ3) is 3.21. The first kappa shape index (κ1) is 14.0. The van der Waals surface area contributed by atoms with Gasteiger partial charge in [0.1, 0.15) is 5.75 Å². The van der Waals surface area contributed by atoms with Gasteiger partial charge in [0.25, 0.3) is 0 Å². The number of aromatic amines is 1. The highest BCUT2D eigenvalue weighted by Gasteiger charge is 2.21. The molecule has 0 saturated heterocycles. The highest BCUT2D eigenvalue weighted by atomic mass is 32.1. The maximum Gasteiger partial charge on any atom is 0.216 e. The van der Waals surface area contributed by atoms with Crippen LogP contribution in [-0.2, 0) is 0 Å². The van der Waals surface area contributed by atoms with Gasteiger partial charge in [-0.25, -0.2) is 0 Å². The lowest BCUT2D eigenvalue weighted by Gasteiger charge is -2.19. The lowest BCUT2D eigenvalue weighted by atomic mass is 9.89. The second kappa shape index (κ2) is 6.22. The van der Waals surface area contributed by atoms with E-state index < -0.39 is 0 Å². The van der Waals surface area contributed by atoms with Crippen molar-refractivity contribution >= 4 is 18.4 Å².